The number of rotatable bonds is 8. The quantitative estimate of drug-likeness (QED) is 0.577. The monoisotopic (exact) mass is 267 g/mol. The molecule has 0 radical (unpaired) electrons. The van der Waals surface area contributed by atoms with Crippen LogP contribution in [-0.4, -0.2) is 13.1 Å². The maximum atomic E-state index is 6.11. The Hall–Kier alpha value is -2.06. The Balaban J connectivity index is 2.02. The zero-order valence-corrected chi connectivity index (χ0v) is 11.7. The first-order valence-electron chi connectivity index (χ1n) is 6.98. The van der Waals surface area contributed by atoms with E-state index in [-0.39, 0.29) is 6.10 Å². The lowest BCUT2D eigenvalue weighted by Gasteiger charge is -2.20. The molecule has 0 fully saturated rings. The standard InChI is InChI=1S/C18H21NO/c1-2-14-19-15-13-18(16-9-5-3-6-10-16)20-17-11-7-4-8-12-17/h2-12,18-19H,1,13-15H2. The maximum Gasteiger partial charge on any atom is 0.125 e. The smallest absolute Gasteiger partial charge is 0.125 e. The van der Waals surface area contributed by atoms with E-state index < -0.39 is 0 Å². The van der Waals surface area contributed by atoms with Crippen LogP contribution in [0.1, 0.15) is 18.1 Å². The summed E-state index contributed by atoms with van der Waals surface area (Å²) in [5.41, 5.74) is 1.21. The second-order valence-corrected chi connectivity index (χ2v) is 4.61. The lowest BCUT2D eigenvalue weighted by molar-refractivity contribution is 0.194. The van der Waals surface area contributed by atoms with Crippen LogP contribution in [0, 0.1) is 0 Å². The van der Waals surface area contributed by atoms with Crippen LogP contribution in [0.15, 0.2) is 73.3 Å². The molecule has 104 valence electrons. The molecule has 0 amide bonds. The van der Waals surface area contributed by atoms with Gasteiger partial charge in [0.25, 0.3) is 0 Å². The summed E-state index contributed by atoms with van der Waals surface area (Å²) in [7, 11) is 0. The highest BCUT2D eigenvalue weighted by molar-refractivity contribution is 5.24. The van der Waals surface area contributed by atoms with Crippen LogP contribution in [0.5, 0.6) is 5.75 Å². The summed E-state index contributed by atoms with van der Waals surface area (Å²) in [6.45, 7) is 5.44. The number of ether oxygens (including phenoxy) is 1. The van der Waals surface area contributed by atoms with Crippen LogP contribution in [0.3, 0.4) is 0 Å². The third-order valence-corrected chi connectivity index (χ3v) is 3.06. The van der Waals surface area contributed by atoms with Gasteiger partial charge in [0.05, 0.1) is 0 Å². The van der Waals surface area contributed by atoms with Crippen molar-refractivity contribution in [3.63, 3.8) is 0 Å². The second kappa shape index (κ2) is 8.18. The minimum Gasteiger partial charge on any atom is -0.486 e. The van der Waals surface area contributed by atoms with Gasteiger partial charge in [-0.15, -0.1) is 6.58 Å². The molecule has 0 heterocycles. The summed E-state index contributed by atoms with van der Waals surface area (Å²) >= 11 is 0. The molecule has 0 aliphatic carbocycles. The molecule has 0 spiro atoms. The van der Waals surface area contributed by atoms with Gasteiger partial charge in [-0.3, -0.25) is 0 Å². The Bertz CT molecular complexity index is 495. The average molecular weight is 267 g/mol. The summed E-state index contributed by atoms with van der Waals surface area (Å²) < 4.78 is 6.11. The van der Waals surface area contributed by atoms with E-state index in [9.17, 15) is 0 Å². The van der Waals surface area contributed by atoms with Gasteiger partial charge in [-0.1, -0.05) is 54.6 Å². The number of nitrogens with one attached hydrogen (secondary N) is 1. The van der Waals surface area contributed by atoms with E-state index in [0.29, 0.717) is 0 Å². The average Bonchev–Trinajstić information content (AvgIpc) is 2.52. The zero-order valence-electron chi connectivity index (χ0n) is 11.7. The normalized spacial score (nSPS) is 11.8. The lowest BCUT2D eigenvalue weighted by atomic mass is 10.1. The van der Waals surface area contributed by atoms with Crippen molar-refractivity contribution in [2.24, 2.45) is 0 Å². The SMILES string of the molecule is C=CCNCCC(Oc1ccccc1)c1ccccc1. The van der Waals surface area contributed by atoms with Crippen molar-refractivity contribution in [1.29, 1.82) is 0 Å². The first-order chi connectivity index (χ1) is 9.90. The zero-order chi connectivity index (χ0) is 14.0. The van der Waals surface area contributed by atoms with Crippen molar-refractivity contribution in [2.75, 3.05) is 13.1 Å². The minimum atomic E-state index is 0.0657. The van der Waals surface area contributed by atoms with Gasteiger partial charge in [0.15, 0.2) is 0 Å². The maximum absolute atomic E-state index is 6.11. The van der Waals surface area contributed by atoms with Gasteiger partial charge in [-0.2, -0.15) is 0 Å². The van der Waals surface area contributed by atoms with E-state index in [4.69, 9.17) is 4.74 Å². The van der Waals surface area contributed by atoms with E-state index in [1.54, 1.807) is 0 Å². The third-order valence-electron chi connectivity index (χ3n) is 3.06. The Kier molecular flexibility index (Phi) is 5.87. The Morgan fingerprint density at radius 3 is 2.30 bits per heavy atom. The molecule has 2 nitrogen and oxygen atoms in total. The topological polar surface area (TPSA) is 21.3 Å². The molecule has 1 unspecified atom stereocenters. The van der Waals surface area contributed by atoms with Crippen molar-refractivity contribution >= 4 is 0 Å². The summed E-state index contributed by atoms with van der Waals surface area (Å²) in [4.78, 5) is 0. The predicted octanol–water partition coefficient (Wildman–Crippen LogP) is 3.97. The Morgan fingerprint density at radius 2 is 1.65 bits per heavy atom. The molecule has 2 aromatic carbocycles. The number of hydrogen-bond acceptors (Lipinski definition) is 2. The Labute approximate surface area is 121 Å². The Morgan fingerprint density at radius 1 is 1.00 bits per heavy atom. The molecule has 1 atom stereocenters. The first kappa shape index (κ1) is 14.4. The summed E-state index contributed by atoms with van der Waals surface area (Å²) in [5.74, 6) is 0.907. The largest absolute Gasteiger partial charge is 0.486 e. The van der Waals surface area contributed by atoms with Crippen molar-refractivity contribution in [3.05, 3.63) is 78.9 Å². The molecule has 1 N–H and O–H groups in total. The highest BCUT2D eigenvalue weighted by Crippen LogP contribution is 2.24. The number of hydrogen-bond donors (Lipinski definition) is 1. The predicted molar refractivity (Wildman–Crippen MR) is 83.9 cm³/mol. The molecular formula is C18H21NO. The first-order valence-corrected chi connectivity index (χ1v) is 6.98. The van der Waals surface area contributed by atoms with Crippen LogP contribution in [0.25, 0.3) is 0 Å². The van der Waals surface area contributed by atoms with Gasteiger partial charge >= 0.3 is 0 Å². The van der Waals surface area contributed by atoms with Crippen LogP contribution < -0.4 is 10.1 Å². The number of para-hydroxylation sites is 1. The fourth-order valence-corrected chi connectivity index (χ4v) is 2.06. The summed E-state index contributed by atoms with van der Waals surface area (Å²) in [6.07, 6.45) is 2.86. The van der Waals surface area contributed by atoms with Gasteiger partial charge in [-0.05, 0) is 24.2 Å². The van der Waals surface area contributed by atoms with Crippen molar-refractivity contribution in [2.45, 2.75) is 12.5 Å². The van der Waals surface area contributed by atoms with Gasteiger partial charge in [0.2, 0.25) is 0 Å². The fraction of sp³-hybridized carbons (Fsp3) is 0.222. The molecule has 2 rings (SSSR count). The molecule has 0 bridgehead atoms. The van der Waals surface area contributed by atoms with Crippen molar-refractivity contribution in [1.82, 2.24) is 5.32 Å². The van der Waals surface area contributed by atoms with E-state index >= 15 is 0 Å². The number of benzene rings is 2. The van der Waals surface area contributed by atoms with E-state index in [1.807, 2.05) is 54.6 Å². The van der Waals surface area contributed by atoms with Gasteiger partial charge < -0.3 is 10.1 Å². The fourth-order valence-electron chi connectivity index (χ4n) is 2.06. The molecule has 0 aliphatic rings. The van der Waals surface area contributed by atoms with Crippen LogP contribution in [0.4, 0.5) is 0 Å². The van der Waals surface area contributed by atoms with Gasteiger partial charge in [0.1, 0.15) is 11.9 Å². The summed E-state index contributed by atoms with van der Waals surface area (Å²) in [6, 6.07) is 20.3. The molecule has 0 aliphatic heterocycles. The molecular weight excluding hydrogens is 246 g/mol. The van der Waals surface area contributed by atoms with E-state index in [2.05, 4.69) is 24.0 Å². The van der Waals surface area contributed by atoms with Crippen molar-refractivity contribution < 1.29 is 4.74 Å². The van der Waals surface area contributed by atoms with Gasteiger partial charge in [-0.25, -0.2) is 0 Å². The van der Waals surface area contributed by atoms with E-state index in [0.717, 1.165) is 25.3 Å². The van der Waals surface area contributed by atoms with Crippen LogP contribution in [-0.2, 0) is 0 Å². The highest BCUT2D eigenvalue weighted by Gasteiger charge is 2.12. The summed E-state index contributed by atoms with van der Waals surface area (Å²) in [5, 5.41) is 3.32. The molecule has 2 heteroatoms. The lowest BCUT2D eigenvalue weighted by Crippen LogP contribution is -2.19. The van der Waals surface area contributed by atoms with Crippen molar-refractivity contribution in [3.8, 4) is 5.75 Å². The van der Waals surface area contributed by atoms with E-state index in [1.165, 1.54) is 5.56 Å². The highest BCUT2D eigenvalue weighted by atomic mass is 16.5. The molecule has 0 saturated heterocycles. The van der Waals surface area contributed by atoms with Crippen LogP contribution >= 0.6 is 0 Å². The third kappa shape index (κ3) is 4.56. The molecule has 20 heavy (non-hydrogen) atoms. The molecule has 2 aromatic rings. The second-order valence-electron chi connectivity index (χ2n) is 4.61. The molecule has 0 saturated carbocycles. The van der Waals surface area contributed by atoms with Gasteiger partial charge in [0, 0.05) is 13.0 Å². The molecule has 0 aromatic heterocycles. The minimum absolute atomic E-state index is 0.0657. The van der Waals surface area contributed by atoms with Crippen LogP contribution in [0.2, 0.25) is 0 Å².